The number of hydrogen-bond acceptors (Lipinski definition) is 10. The van der Waals surface area contributed by atoms with E-state index in [1.54, 1.807) is 14.2 Å². The van der Waals surface area contributed by atoms with Crippen molar-refractivity contribution in [1.29, 1.82) is 5.26 Å². The molecule has 0 spiro atoms. The van der Waals surface area contributed by atoms with Gasteiger partial charge in [-0.3, -0.25) is 14.3 Å². The van der Waals surface area contributed by atoms with Crippen LogP contribution < -0.4 is 20.7 Å². The Bertz CT molecular complexity index is 1820. The molecule has 3 aromatic carbocycles. The topological polar surface area (TPSA) is 137 Å². The lowest BCUT2D eigenvalue weighted by atomic mass is 9.80. The van der Waals surface area contributed by atoms with Gasteiger partial charge in [-0.25, -0.2) is 9.46 Å². The van der Waals surface area contributed by atoms with E-state index in [1.807, 2.05) is 78.9 Å². The van der Waals surface area contributed by atoms with Crippen molar-refractivity contribution in [2.75, 3.05) is 27.4 Å². The highest BCUT2D eigenvalue weighted by Crippen LogP contribution is 2.51. The molecule has 1 unspecified atom stereocenters. The fourth-order valence-corrected chi connectivity index (χ4v) is 8.22. The first-order valence-corrected chi connectivity index (χ1v) is 18.4. The lowest BCUT2D eigenvalue weighted by Crippen LogP contribution is -2.38. The fourth-order valence-electron chi connectivity index (χ4n) is 6.49. The number of nitriles is 1. The molecule has 4 aromatic rings. The summed E-state index contributed by atoms with van der Waals surface area (Å²) in [7, 11) is 1.58. The van der Waals surface area contributed by atoms with Crippen molar-refractivity contribution in [2.24, 2.45) is 0 Å². The molecule has 0 bridgehead atoms. The maximum absolute atomic E-state index is 13.2. The van der Waals surface area contributed by atoms with Gasteiger partial charge in [-0.1, -0.05) is 54.6 Å². The third kappa shape index (κ3) is 8.81. The SMILES string of the molecule is COc1ccc(C(OC[C@@H]2C[C@@H](OP(OCCC#N)N(C(C)C)C(C)C)[C@H](n3ccc(=O)[nH]c3=O)O2)(c2ccccc2)c2ccc(OC)cc2)cc1. The normalized spacial score (nSPS) is 18.1. The minimum Gasteiger partial charge on any atom is -0.497 e. The van der Waals surface area contributed by atoms with Crippen LogP contribution in [0.4, 0.5) is 0 Å². The highest BCUT2D eigenvalue weighted by atomic mass is 31.2. The summed E-state index contributed by atoms with van der Waals surface area (Å²) in [5, 5.41) is 9.23. The van der Waals surface area contributed by atoms with Crippen LogP contribution >= 0.6 is 8.53 Å². The molecule has 0 amide bonds. The summed E-state index contributed by atoms with van der Waals surface area (Å²) in [4.78, 5) is 27.5. The molecule has 5 rings (SSSR count). The molecule has 1 saturated heterocycles. The molecular formula is C39H47N4O8P. The summed E-state index contributed by atoms with van der Waals surface area (Å²) in [6.45, 7) is 8.51. The second-order valence-corrected chi connectivity index (χ2v) is 14.3. The summed E-state index contributed by atoms with van der Waals surface area (Å²) in [6, 6.07) is 29.0. The van der Waals surface area contributed by atoms with Gasteiger partial charge in [-0.15, -0.1) is 0 Å². The minimum atomic E-state index is -1.68. The standard InChI is InChI=1S/C39H47N4O8P/c1-27(2)43(28(3)4)52(49-24-10-22-40)51-35-25-34(50-37(35)42-23-21-36(44)41-38(42)45)26-48-39(29-11-8-7-9-12-29,30-13-17-32(46-5)18-14-30)31-15-19-33(47-6)20-16-31/h7-9,11-21,23,27-28,34-35,37H,10,24-26H2,1-6H3,(H,41,44,45)/t34-,35+,37+,52?/m0/s1. The Morgan fingerprint density at radius 3 is 2.00 bits per heavy atom. The molecule has 1 aliphatic rings. The van der Waals surface area contributed by atoms with Gasteiger partial charge in [0.15, 0.2) is 6.23 Å². The number of ether oxygens (including phenoxy) is 4. The molecule has 4 atom stereocenters. The fraction of sp³-hybridized carbons (Fsp3) is 0.410. The van der Waals surface area contributed by atoms with Gasteiger partial charge in [0, 0.05) is 30.8 Å². The van der Waals surface area contributed by atoms with Crippen molar-refractivity contribution in [1.82, 2.24) is 14.2 Å². The van der Waals surface area contributed by atoms with Gasteiger partial charge in [0.25, 0.3) is 14.1 Å². The largest absolute Gasteiger partial charge is 0.497 e. The second kappa shape index (κ2) is 17.9. The van der Waals surface area contributed by atoms with E-state index in [-0.39, 0.29) is 31.7 Å². The predicted molar refractivity (Wildman–Crippen MR) is 198 cm³/mol. The van der Waals surface area contributed by atoms with Gasteiger partial charge in [0.1, 0.15) is 23.2 Å². The number of methoxy groups -OCH3 is 2. The predicted octanol–water partition coefficient (Wildman–Crippen LogP) is 6.51. The first kappa shape index (κ1) is 38.9. The summed E-state index contributed by atoms with van der Waals surface area (Å²) in [6.07, 6.45) is -0.163. The smallest absolute Gasteiger partial charge is 0.330 e. The summed E-state index contributed by atoms with van der Waals surface area (Å²) in [5.41, 5.74) is 0.387. The van der Waals surface area contributed by atoms with Crippen LogP contribution in [0.5, 0.6) is 11.5 Å². The molecular weight excluding hydrogens is 683 g/mol. The number of nitrogens with one attached hydrogen (secondary N) is 1. The third-order valence-corrected chi connectivity index (χ3v) is 11.0. The zero-order chi connectivity index (χ0) is 37.3. The van der Waals surface area contributed by atoms with Crippen molar-refractivity contribution in [2.45, 2.75) is 76.7 Å². The van der Waals surface area contributed by atoms with Gasteiger partial charge in [-0.05, 0) is 68.7 Å². The molecule has 0 radical (unpaired) electrons. The van der Waals surface area contributed by atoms with Crippen LogP contribution in [0, 0.1) is 11.3 Å². The molecule has 0 aliphatic carbocycles. The van der Waals surface area contributed by atoms with Gasteiger partial charge in [0.2, 0.25) is 0 Å². The number of H-pyrrole nitrogens is 1. The summed E-state index contributed by atoms with van der Waals surface area (Å²) >= 11 is 0. The molecule has 52 heavy (non-hydrogen) atoms. The van der Waals surface area contributed by atoms with Crippen LogP contribution in [0.15, 0.2) is 101 Å². The van der Waals surface area contributed by atoms with Crippen LogP contribution in [-0.2, 0) is 24.1 Å². The van der Waals surface area contributed by atoms with E-state index in [4.69, 9.17) is 28.0 Å². The number of benzene rings is 3. The lowest BCUT2D eigenvalue weighted by Gasteiger charge is -2.37. The Morgan fingerprint density at radius 1 is 0.904 bits per heavy atom. The molecule has 13 heteroatoms. The monoisotopic (exact) mass is 730 g/mol. The maximum Gasteiger partial charge on any atom is 0.330 e. The second-order valence-electron chi connectivity index (χ2n) is 12.9. The van der Waals surface area contributed by atoms with Gasteiger partial charge in [0.05, 0.1) is 46.0 Å². The van der Waals surface area contributed by atoms with Crippen LogP contribution in [0.1, 0.15) is 63.5 Å². The number of hydrogen-bond donors (Lipinski definition) is 1. The average molecular weight is 731 g/mol. The highest BCUT2D eigenvalue weighted by Gasteiger charge is 2.44. The summed E-state index contributed by atoms with van der Waals surface area (Å²) in [5.74, 6) is 1.41. The number of rotatable bonds is 17. The molecule has 1 aliphatic heterocycles. The van der Waals surface area contributed by atoms with Crippen LogP contribution in [0.3, 0.4) is 0 Å². The first-order valence-electron chi connectivity index (χ1n) is 17.3. The van der Waals surface area contributed by atoms with Crippen LogP contribution in [0.2, 0.25) is 0 Å². The van der Waals surface area contributed by atoms with Crippen LogP contribution in [-0.4, -0.2) is 65.9 Å². The van der Waals surface area contributed by atoms with Crippen molar-refractivity contribution in [3.8, 4) is 17.6 Å². The minimum absolute atomic E-state index is 0.0596. The molecule has 276 valence electrons. The van der Waals surface area contributed by atoms with E-state index in [0.29, 0.717) is 17.9 Å². The van der Waals surface area contributed by atoms with E-state index in [9.17, 15) is 14.9 Å². The Labute approximate surface area is 305 Å². The van der Waals surface area contributed by atoms with Crippen LogP contribution in [0.25, 0.3) is 0 Å². The zero-order valence-electron chi connectivity index (χ0n) is 30.4. The van der Waals surface area contributed by atoms with E-state index < -0.39 is 43.8 Å². The molecule has 1 N–H and O–H groups in total. The Balaban J connectivity index is 1.55. The quantitative estimate of drug-likeness (QED) is 0.0727. The molecule has 2 heterocycles. The van der Waals surface area contributed by atoms with E-state index >= 15 is 0 Å². The van der Waals surface area contributed by atoms with Crippen molar-refractivity contribution in [3.63, 3.8) is 0 Å². The Morgan fingerprint density at radius 2 is 1.48 bits per heavy atom. The zero-order valence-corrected chi connectivity index (χ0v) is 31.3. The Kier molecular flexibility index (Phi) is 13.4. The maximum atomic E-state index is 13.2. The molecule has 0 saturated carbocycles. The van der Waals surface area contributed by atoms with Gasteiger partial charge >= 0.3 is 5.69 Å². The average Bonchev–Trinajstić information content (AvgIpc) is 3.54. The number of nitrogens with zero attached hydrogens (tertiary/aromatic N) is 3. The summed E-state index contributed by atoms with van der Waals surface area (Å²) < 4.78 is 41.2. The first-order chi connectivity index (χ1) is 25.1. The third-order valence-electron chi connectivity index (χ3n) is 8.82. The van der Waals surface area contributed by atoms with Gasteiger partial charge < -0.3 is 28.0 Å². The van der Waals surface area contributed by atoms with E-state index in [0.717, 1.165) is 16.7 Å². The molecule has 1 aromatic heterocycles. The van der Waals surface area contributed by atoms with Crippen molar-refractivity contribution < 1.29 is 28.0 Å². The molecule has 1 fully saturated rings. The van der Waals surface area contributed by atoms with Crippen molar-refractivity contribution in [3.05, 3.63) is 129 Å². The lowest BCUT2D eigenvalue weighted by molar-refractivity contribution is -0.0863. The van der Waals surface area contributed by atoms with E-state index in [1.165, 1.54) is 16.8 Å². The van der Waals surface area contributed by atoms with Crippen molar-refractivity contribution >= 4 is 8.53 Å². The highest BCUT2D eigenvalue weighted by molar-refractivity contribution is 7.44. The van der Waals surface area contributed by atoms with E-state index in [2.05, 4.69) is 43.4 Å². The Hall–Kier alpha value is -4.34. The molecule has 12 nitrogen and oxygen atoms in total. The number of aromatic nitrogens is 2. The van der Waals surface area contributed by atoms with Gasteiger partial charge in [-0.2, -0.15) is 5.26 Å². The number of aromatic amines is 1.